The van der Waals surface area contributed by atoms with E-state index in [1.54, 1.807) is 0 Å². The van der Waals surface area contributed by atoms with Crippen molar-refractivity contribution in [3.05, 3.63) is 138 Å². The molecule has 0 N–H and O–H groups in total. The minimum atomic E-state index is 0.570. The molecule has 2 aliphatic carbocycles. The average molecular weight is 456 g/mol. The Morgan fingerprint density at radius 3 is 1.66 bits per heavy atom. The molecule has 2 atom stereocenters. The molecule has 174 valence electrons. The first-order valence-electron chi connectivity index (χ1n) is 12.8. The van der Waals surface area contributed by atoms with Crippen LogP contribution in [0.1, 0.15) is 31.4 Å². The maximum absolute atomic E-state index is 2.46. The Balaban J connectivity index is 0.00000124. The molecular weight excluding hydrogens is 422 g/mol. The lowest BCUT2D eigenvalue weighted by Gasteiger charge is -2.30. The molecule has 4 aromatic carbocycles. The summed E-state index contributed by atoms with van der Waals surface area (Å²) < 4.78 is 0. The predicted octanol–water partition coefficient (Wildman–Crippen LogP) is 9.44. The van der Waals surface area contributed by atoms with E-state index in [-0.39, 0.29) is 0 Å². The predicted molar refractivity (Wildman–Crippen MR) is 151 cm³/mol. The van der Waals surface area contributed by atoms with Gasteiger partial charge in [-0.05, 0) is 71.9 Å². The van der Waals surface area contributed by atoms with Crippen molar-refractivity contribution >= 4 is 16.9 Å². The van der Waals surface area contributed by atoms with Crippen LogP contribution in [0.5, 0.6) is 0 Å². The van der Waals surface area contributed by atoms with E-state index in [1.807, 2.05) is 13.8 Å². The van der Waals surface area contributed by atoms with Gasteiger partial charge in [-0.3, -0.25) is 0 Å². The highest BCUT2D eigenvalue weighted by Crippen LogP contribution is 2.56. The van der Waals surface area contributed by atoms with Crippen LogP contribution in [0.2, 0.25) is 0 Å². The van der Waals surface area contributed by atoms with Crippen LogP contribution < -0.4 is 4.90 Å². The number of hydrogen-bond donors (Lipinski definition) is 0. The van der Waals surface area contributed by atoms with Gasteiger partial charge in [0.05, 0.1) is 0 Å². The second-order valence-corrected chi connectivity index (χ2v) is 9.11. The zero-order chi connectivity index (χ0) is 24.2. The maximum atomic E-state index is 2.46. The van der Waals surface area contributed by atoms with Gasteiger partial charge in [0.2, 0.25) is 0 Å². The Morgan fingerprint density at radius 1 is 0.543 bits per heavy atom. The maximum Gasteiger partial charge on any atom is 0.0458 e. The van der Waals surface area contributed by atoms with Crippen LogP contribution in [0, 0.1) is 18.8 Å². The van der Waals surface area contributed by atoms with E-state index < -0.39 is 0 Å². The molecule has 35 heavy (non-hydrogen) atoms. The number of nitrogens with zero attached hydrogens (tertiary/aromatic N) is 1. The van der Waals surface area contributed by atoms with E-state index >= 15 is 0 Å². The summed E-state index contributed by atoms with van der Waals surface area (Å²) in [7, 11) is 0. The number of fused-ring (bicyclic) bond motifs is 1. The number of benzene rings is 4. The molecule has 1 heteroatoms. The Kier molecular flexibility index (Phi) is 6.68. The van der Waals surface area contributed by atoms with Crippen molar-refractivity contribution in [2.75, 3.05) is 4.90 Å². The smallest absolute Gasteiger partial charge is 0.0458 e. The van der Waals surface area contributed by atoms with E-state index in [1.165, 1.54) is 51.3 Å². The van der Waals surface area contributed by atoms with Gasteiger partial charge in [0.15, 0.2) is 0 Å². The molecule has 4 aromatic rings. The molecule has 0 amide bonds. The van der Waals surface area contributed by atoms with Crippen LogP contribution in [0.15, 0.2) is 127 Å². The largest absolute Gasteiger partial charge is 0.314 e. The van der Waals surface area contributed by atoms with Crippen molar-refractivity contribution < 1.29 is 0 Å². The van der Waals surface area contributed by atoms with Gasteiger partial charge in [-0.2, -0.15) is 0 Å². The lowest BCUT2D eigenvalue weighted by atomic mass is 9.94. The van der Waals surface area contributed by atoms with Crippen LogP contribution in [-0.4, -0.2) is 0 Å². The molecule has 2 aliphatic rings. The molecular formula is C34H33N. The summed E-state index contributed by atoms with van der Waals surface area (Å²) in [6, 6.07) is 39.3. The van der Waals surface area contributed by atoms with Crippen molar-refractivity contribution in [1.82, 2.24) is 0 Å². The molecule has 1 fully saturated rings. The Hall–Kier alpha value is -3.84. The van der Waals surface area contributed by atoms with Crippen molar-refractivity contribution in [2.24, 2.45) is 11.8 Å². The third-order valence-corrected chi connectivity index (χ3v) is 6.89. The first-order valence-corrected chi connectivity index (χ1v) is 12.8. The van der Waals surface area contributed by atoms with Gasteiger partial charge in [0.1, 0.15) is 0 Å². The van der Waals surface area contributed by atoms with E-state index in [2.05, 4.69) is 133 Å². The number of anilines is 2. The first-order chi connectivity index (χ1) is 17.3. The van der Waals surface area contributed by atoms with Gasteiger partial charge < -0.3 is 4.90 Å². The van der Waals surface area contributed by atoms with Crippen molar-refractivity contribution in [1.29, 1.82) is 0 Å². The summed E-state index contributed by atoms with van der Waals surface area (Å²) in [6.45, 7) is 6.15. The minimum absolute atomic E-state index is 0.570. The van der Waals surface area contributed by atoms with Crippen molar-refractivity contribution in [2.45, 2.75) is 27.2 Å². The molecule has 0 saturated heterocycles. The number of rotatable bonds is 5. The topological polar surface area (TPSA) is 3.24 Å². The Bertz CT molecular complexity index is 1310. The quantitative estimate of drug-likeness (QED) is 0.290. The Morgan fingerprint density at radius 2 is 1.06 bits per heavy atom. The lowest BCUT2D eigenvalue weighted by molar-refractivity contribution is 0.881. The van der Waals surface area contributed by atoms with Crippen LogP contribution in [0.3, 0.4) is 0 Å². The van der Waals surface area contributed by atoms with Gasteiger partial charge in [-0.15, -0.1) is 0 Å². The molecule has 0 bridgehead atoms. The summed E-state index contributed by atoms with van der Waals surface area (Å²) >= 11 is 0. The second-order valence-electron chi connectivity index (χ2n) is 9.11. The van der Waals surface area contributed by atoms with Gasteiger partial charge in [-0.25, -0.2) is 0 Å². The van der Waals surface area contributed by atoms with E-state index in [9.17, 15) is 0 Å². The molecule has 1 saturated carbocycles. The third kappa shape index (κ3) is 4.72. The van der Waals surface area contributed by atoms with E-state index in [4.69, 9.17) is 0 Å². The van der Waals surface area contributed by atoms with Crippen LogP contribution in [0.25, 0.3) is 16.7 Å². The summed E-state index contributed by atoms with van der Waals surface area (Å²) in [5.41, 5.74) is 10.5. The fraction of sp³-hybridized carbons (Fsp3) is 0.176. The Labute approximate surface area is 210 Å². The first kappa shape index (κ1) is 22.9. The van der Waals surface area contributed by atoms with Crippen molar-refractivity contribution in [3.8, 4) is 11.1 Å². The van der Waals surface area contributed by atoms with Crippen LogP contribution in [0.4, 0.5) is 11.4 Å². The molecule has 2 unspecified atom stereocenters. The normalized spacial score (nSPS) is 17.8. The van der Waals surface area contributed by atoms with Gasteiger partial charge in [0, 0.05) is 23.0 Å². The van der Waals surface area contributed by atoms with Gasteiger partial charge in [-0.1, -0.05) is 110 Å². The highest BCUT2D eigenvalue weighted by Gasteiger charge is 2.46. The molecule has 0 aliphatic heterocycles. The van der Waals surface area contributed by atoms with Crippen molar-refractivity contribution in [3.63, 3.8) is 0 Å². The monoisotopic (exact) mass is 455 g/mol. The van der Waals surface area contributed by atoms with Crippen LogP contribution in [-0.2, 0) is 0 Å². The number of allylic oxidation sites excluding steroid dienone is 4. The van der Waals surface area contributed by atoms with Gasteiger partial charge >= 0.3 is 0 Å². The van der Waals surface area contributed by atoms with E-state index in [0.29, 0.717) is 11.8 Å². The van der Waals surface area contributed by atoms with Gasteiger partial charge in [0.25, 0.3) is 0 Å². The summed E-state index contributed by atoms with van der Waals surface area (Å²) in [4.78, 5) is 2.46. The molecule has 0 heterocycles. The summed E-state index contributed by atoms with van der Waals surface area (Å²) in [6.07, 6.45) is 5.91. The zero-order valence-corrected chi connectivity index (χ0v) is 20.9. The third-order valence-electron chi connectivity index (χ3n) is 6.89. The molecule has 0 spiro atoms. The molecule has 6 rings (SSSR count). The highest BCUT2D eigenvalue weighted by molar-refractivity contribution is 5.79. The standard InChI is InChI=1S/C32H27N.C2H6/c1-23-12-16-27(17-13-23)33(28-18-14-25(15-19-28)24-8-4-2-5-9-24)32-21-20-29(30-22-31(30)32)26-10-6-3-7-11-26;1-2/h2-21,30-31H,22H2,1H3;1-2H3. The summed E-state index contributed by atoms with van der Waals surface area (Å²) in [5.74, 6) is 1.18. The SMILES string of the molecule is CC.Cc1ccc(N(C2=CC=C(c3ccccc3)C3CC23)c2ccc(-c3ccccc3)cc2)cc1. The fourth-order valence-corrected chi connectivity index (χ4v) is 5.04. The molecule has 0 radical (unpaired) electrons. The lowest BCUT2D eigenvalue weighted by Crippen LogP contribution is -2.19. The fourth-order valence-electron chi connectivity index (χ4n) is 5.04. The average Bonchev–Trinajstić information content (AvgIpc) is 3.74. The zero-order valence-electron chi connectivity index (χ0n) is 20.9. The second kappa shape index (κ2) is 10.2. The number of aryl methyl sites for hydroxylation is 1. The highest BCUT2D eigenvalue weighted by atomic mass is 15.2. The minimum Gasteiger partial charge on any atom is -0.314 e. The van der Waals surface area contributed by atoms with E-state index in [0.717, 1.165) is 0 Å². The molecule has 1 nitrogen and oxygen atoms in total. The summed E-state index contributed by atoms with van der Waals surface area (Å²) in [5, 5.41) is 0. The van der Waals surface area contributed by atoms with Crippen LogP contribution >= 0.6 is 0 Å². The number of hydrogen-bond acceptors (Lipinski definition) is 1. The molecule has 0 aromatic heterocycles.